The van der Waals surface area contributed by atoms with Crippen LogP contribution in [0.15, 0.2) is 16.8 Å². The Hall–Kier alpha value is -0.420. The summed E-state index contributed by atoms with van der Waals surface area (Å²) in [6.07, 6.45) is 5.71. The first-order chi connectivity index (χ1) is 8.30. The Morgan fingerprint density at radius 1 is 1.53 bits per heavy atom. The normalized spacial score (nSPS) is 20.6. The lowest BCUT2D eigenvalue weighted by Crippen LogP contribution is -2.54. The molecule has 1 aliphatic carbocycles. The van der Waals surface area contributed by atoms with Crippen molar-refractivity contribution >= 4 is 11.3 Å². The van der Waals surface area contributed by atoms with Crippen molar-refractivity contribution in [1.82, 2.24) is 5.43 Å². The SMILES string of the molecule is CCOC1(C(Cc2ccsc2)NN)CCCC1. The number of hydrogen-bond acceptors (Lipinski definition) is 4. The van der Waals surface area contributed by atoms with Crippen molar-refractivity contribution in [3.05, 3.63) is 22.4 Å². The highest BCUT2D eigenvalue weighted by molar-refractivity contribution is 7.07. The van der Waals surface area contributed by atoms with E-state index in [-0.39, 0.29) is 11.6 Å². The summed E-state index contributed by atoms with van der Waals surface area (Å²) in [6, 6.07) is 2.39. The van der Waals surface area contributed by atoms with Gasteiger partial charge in [-0.2, -0.15) is 11.3 Å². The third-order valence-electron chi connectivity index (χ3n) is 3.74. The van der Waals surface area contributed by atoms with E-state index < -0.39 is 0 Å². The minimum Gasteiger partial charge on any atom is -0.374 e. The summed E-state index contributed by atoms with van der Waals surface area (Å²) >= 11 is 1.74. The van der Waals surface area contributed by atoms with Gasteiger partial charge in [0.1, 0.15) is 0 Å². The molecule has 3 N–H and O–H groups in total. The van der Waals surface area contributed by atoms with Crippen molar-refractivity contribution in [2.24, 2.45) is 5.84 Å². The van der Waals surface area contributed by atoms with E-state index in [1.807, 2.05) is 0 Å². The molecule has 1 unspecified atom stereocenters. The summed E-state index contributed by atoms with van der Waals surface area (Å²) in [5.74, 6) is 5.76. The summed E-state index contributed by atoms with van der Waals surface area (Å²) in [7, 11) is 0. The minimum absolute atomic E-state index is 0.0502. The van der Waals surface area contributed by atoms with Crippen molar-refractivity contribution in [3.8, 4) is 0 Å². The third kappa shape index (κ3) is 2.88. The van der Waals surface area contributed by atoms with Crippen LogP contribution in [0.4, 0.5) is 0 Å². The molecular formula is C13H22N2OS. The largest absolute Gasteiger partial charge is 0.374 e. The van der Waals surface area contributed by atoms with Crippen molar-refractivity contribution in [1.29, 1.82) is 0 Å². The molecule has 0 bridgehead atoms. The van der Waals surface area contributed by atoms with Gasteiger partial charge in [0, 0.05) is 6.61 Å². The van der Waals surface area contributed by atoms with Crippen LogP contribution in [0.1, 0.15) is 38.2 Å². The predicted octanol–water partition coefficient (Wildman–Crippen LogP) is 2.47. The molecule has 1 aromatic rings. The molecule has 1 saturated carbocycles. The highest BCUT2D eigenvalue weighted by Crippen LogP contribution is 2.37. The monoisotopic (exact) mass is 254 g/mol. The van der Waals surface area contributed by atoms with E-state index in [1.165, 1.54) is 18.4 Å². The van der Waals surface area contributed by atoms with E-state index in [1.54, 1.807) is 11.3 Å². The summed E-state index contributed by atoms with van der Waals surface area (Å²) in [5.41, 5.74) is 4.29. The first-order valence-electron chi connectivity index (χ1n) is 6.42. The topological polar surface area (TPSA) is 47.3 Å². The van der Waals surface area contributed by atoms with Crippen LogP contribution in [0.25, 0.3) is 0 Å². The number of hydrazine groups is 1. The van der Waals surface area contributed by atoms with Crippen LogP contribution in [-0.4, -0.2) is 18.2 Å². The Morgan fingerprint density at radius 3 is 2.82 bits per heavy atom. The van der Waals surface area contributed by atoms with Gasteiger partial charge in [0.25, 0.3) is 0 Å². The van der Waals surface area contributed by atoms with Crippen LogP contribution in [0.5, 0.6) is 0 Å². The highest BCUT2D eigenvalue weighted by atomic mass is 32.1. The first-order valence-corrected chi connectivity index (χ1v) is 7.36. The molecule has 96 valence electrons. The van der Waals surface area contributed by atoms with E-state index in [4.69, 9.17) is 10.6 Å². The van der Waals surface area contributed by atoms with Gasteiger partial charge in [0.05, 0.1) is 11.6 Å². The summed E-state index contributed by atoms with van der Waals surface area (Å²) in [6.45, 7) is 2.83. The molecule has 0 amide bonds. The molecule has 0 radical (unpaired) electrons. The Labute approximate surface area is 107 Å². The molecule has 0 saturated heterocycles. The van der Waals surface area contributed by atoms with Gasteiger partial charge in [-0.25, -0.2) is 0 Å². The molecule has 1 heterocycles. The van der Waals surface area contributed by atoms with Crippen LogP contribution in [0.3, 0.4) is 0 Å². The standard InChI is InChI=1S/C13H22N2OS/c1-2-16-13(6-3-4-7-13)12(15-14)9-11-5-8-17-10-11/h5,8,10,12,15H,2-4,6-7,9,14H2,1H3. The maximum absolute atomic E-state index is 6.05. The quantitative estimate of drug-likeness (QED) is 0.605. The van der Waals surface area contributed by atoms with E-state index in [0.717, 1.165) is 25.9 Å². The molecule has 3 nitrogen and oxygen atoms in total. The van der Waals surface area contributed by atoms with Crippen LogP contribution in [0, 0.1) is 0 Å². The molecular weight excluding hydrogens is 232 g/mol. The maximum atomic E-state index is 6.05. The van der Waals surface area contributed by atoms with Gasteiger partial charge in [-0.05, 0) is 48.6 Å². The Balaban J connectivity index is 2.09. The Bertz CT molecular complexity index is 320. The zero-order valence-corrected chi connectivity index (χ0v) is 11.3. The first kappa shape index (κ1) is 13.0. The fourth-order valence-electron chi connectivity index (χ4n) is 2.90. The highest BCUT2D eigenvalue weighted by Gasteiger charge is 2.41. The van der Waals surface area contributed by atoms with Crippen LogP contribution < -0.4 is 11.3 Å². The second kappa shape index (κ2) is 5.96. The molecule has 0 spiro atoms. The lowest BCUT2D eigenvalue weighted by Gasteiger charge is -2.37. The minimum atomic E-state index is -0.0502. The van der Waals surface area contributed by atoms with Crippen molar-refractivity contribution in [2.45, 2.75) is 50.7 Å². The van der Waals surface area contributed by atoms with Gasteiger partial charge in [-0.1, -0.05) is 12.8 Å². The number of rotatable bonds is 6. The molecule has 1 aromatic heterocycles. The summed E-state index contributed by atoms with van der Waals surface area (Å²) in [5, 5.41) is 4.31. The lowest BCUT2D eigenvalue weighted by atomic mass is 9.88. The fourth-order valence-corrected chi connectivity index (χ4v) is 3.58. The van der Waals surface area contributed by atoms with Crippen LogP contribution in [0.2, 0.25) is 0 Å². The van der Waals surface area contributed by atoms with E-state index in [2.05, 4.69) is 29.2 Å². The molecule has 1 fully saturated rings. The number of nitrogens with one attached hydrogen (secondary N) is 1. The second-order valence-electron chi connectivity index (χ2n) is 4.76. The molecule has 1 aliphatic rings. The molecule has 17 heavy (non-hydrogen) atoms. The number of ether oxygens (including phenoxy) is 1. The zero-order chi connectivity index (χ0) is 12.1. The third-order valence-corrected chi connectivity index (χ3v) is 4.47. The Kier molecular flexibility index (Phi) is 4.56. The fraction of sp³-hybridized carbons (Fsp3) is 0.692. The van der Waals surface area contributed by atoms with Gasteiger partial charge in [0.2, 0.25) is 0 Å². The smallest absolute Gasteiger partial charge is 0.0851 e. The second-order valence-corrected chi connectivity index (χ2v) is 5.54. The summed E-state index contributed by atoms with van der Waals surface area (Å²) in [4.78, 5) is 0. The van der Waals surface area contributed by atoms with Gasteiger partial charge in [0.15, 0.2) is 0 Å². The average molecular weight is 254 g/mol. The number of hydrogen-bond donors (Lipinski definition) is 2. The number of thiophene rings is 1. The van der Waals surface area contributed by atoms with Crippen LogP contribution >= 0.6 is 11.3 Å². The maximum Gasteiger partial charge on any atom is 0.0851 e. The van der Waals surface area contributed by atoms with E-state index in [0.29, 0.717) is 0 Å². The molecule has 2 rings (SSSR count). The lowest BCUT2D eigenvalue weighted by molar-refractivity contribution is -0.0613. The van der Waals surface area contributed by atoms with Gasteiger partial charge >= 0.3 is 0 Å². The molecule has 4 heteroatoms. The van der Waals surface area contributed by atoms with Gasteiger partial charge in [-0.3, -0.25) is 11.3 Å². The molecule has 1 atom stereocenters. The van der Waals surface area contributed by atoms with Gasteiger partial charge < -0.3 is 4.74 Å². The predicted molar refractivity (Wildman–Crippen MR) is 72.0 cm³/mol. The van der Waals surface area contributed by atoms with Crippen molar-refractivity contribution in [3.63, 3.8) is 0 Å². The summed E-state index contributed by atoms with van der Waals surface area (Å²) < 4.78 is 6.05. The zero-order valence-electron chi connectivity index (χ0n) is 10.4. The van der Waals surface area contributed by atoms with E-state index >= 15 is 0 Å². The van der Waals surface area contributed by atoms with Gasteiger partial charge in [-0.15, -0.1) is 0 Å². The number of nitrogens with two attached hydrogens (primary N) is 1. The van der Waals surface area contributed by atoms with Crippen molar-refractivity contribution in [2.75, 3.05) is 6.61 Å². The average Bonchev–Trinajstić information content (AvgIpc) is 2.97. The molecule has 0 aliphatic heterocycles. The Morgan fingerprint density at radius 2 is 2.29 bits per heavy atom. The van der Waals surface area contributed by atoms with E-state index in [9.17, 15) is 0 Å². The molecule has 0 aromatic carbocycles. The van der Waals surface area contributed by atoms with Crippen LogP contribution in [-0.2, 0) is 11.2 Å². The van der Waals surface area contributed by atoms with Crippen molar-refractivity contribution < 1.29 is 4.74 Å².